The van der Waals surface area contributed by atoms with Crippen LogP contribution in [-0.4, -0.2) is 29.2 Å². The number of hydrogen-bond acceptors (Lipinski definition) is 5. The van der Waals surface area contributed by atoms with Crippen LogP contribution >= 0.6 is 0 Å². The zero-order chi connectivity index (χ0) is 18.7. The van der Waals surface area contributed by atoms with E-state index in [0.29, 0.717) is 11.5 Å². The molecule has 0 amide bonds. The van der Waals surface area contributed by atoms with Gasteiger partial charge in [-0.15, -0.1) is 0 Å². The number of fused-ring (bicyclic) bond motifs is 1. The van der Waals surface area contributed by atoms with Gasteiger partial charge in [-0.25, -0.2) is 13.1 Å². The Labute approximate surface area is 152 Å². The van der Waals surface area contributed by atoms with Gasteiger partial charge in [0.2, 0.25) is 10.0 Å². The van der Waals surface area contributed by atoms with Crippen LogP contribution in [0, 0.1) is 6.92 Å². The zero-order valence-electron chi connectivity index (χ0n) is 14.9. The van der Waals surface area contributed by atoms with Crippen LogP contribution < -0.4 is 9.46 Å². The molecule has 0 bridgehead atoms. The van der Waals surface area contributed by atoms with Gasteiger partial charge in [0.1, 0.15) is 23.2 Å². The summed E-state index contributed by atoms with van der Waals surface area (Å²) in [4.78, 5) is 0.176. The lowest BCUT2D eigenvalue weighted by molar-refractivity contribution is 0.0893. The van der Waals surface area contributed by atoms with Gasteiger partial charge in [-0.2, -0.15) is 0 Å². The van der Waals surface area contributed by atoms with E-state index < -0.39 is 16.1 Å². The molecule has 0 spiro atoms. The minimum Gasteiger partial charge on any atom is -0.496 e. The van der Waals surface area contributed by atoms with Crippen LogP contribution in [0.3, 0.4) is 0 Å². The van der Waals surface area contributed by atoms with Gasteiger partial charge in [-0.05, 0) is 42.8 Å². The molecule has 0 fully saturated rings. The molecule has 3 rings (SSSR count). The molecule has 6 nitrogen and oxygen atoms in total. The average molecular weight is 375 g/mol. The molecule has 1 atom stereocenters. The lowest BCUT2D eigenvalue weighted by Crippen LogP contribution is -2.29. The van der Waals surface area contributed by atoms with E-state index in [-0.39, 0.29) is 11.4 Å². The summed E-state index contributed by atoms with van der Waals surface area (Å²) < 4.78 is 44.1. The first kappa shape index (κ1) is 18.4. The van der Waals surface area contributed by atoms with Crippen LogP contribution in [0.2, 0.25) is 0 Å². The standard InChI is InChI=1S/C19H21NO5S/c1-13-10-15(8-9-16(13)23-2)26(21,22)20-12-19(24-3)18-11-14-6-4-5-7-17(14)25-18/h4-11,19-20H,12H2,1-3H3/t19-/m0/s1. The molecule has 0 saturated heterocycles. The first-order valence-electron chi connectivity index (χ1n) is 8.10. The van der Waals surface area contributed by atoms with E-state index >= 15 is 0 Å². The molecule has 0 aliphatic rings. The molecule has 0 radical (unpaired) electrons. The first-order chi connectivity index (χ1) is 12.4. The Bertz CT molecular complexity index is 977. The van der Waals surface area contributed by atoms with E-state index in [2.05, 4.69) is 4.72 Å². The third-order valence-electron chi connectivity index (χ3n) is 4.18. The fourth-order valence-electron chi connectivity index (χ4n) is 2.75. The molecule has 7 heteroatoms. The summed E-state index contributed by atoms with van der Waals surface area (Å²) in [7, 11) is -0.614. The maximum Gasteiger partial charge on any atom is 0.240 e. The summed E-state index contributed by atoms with van der Waals surface area (Å²) in [5.41, 5.74) is 1.48. The van der Waals surface area contributed by atoms with Gasteiger partial charge in [-0.3, -0.25) is 0 Å². The number of ether oxygens (including phenoxy) is 2. The van der Waals surface area contributed by atoms with Crippen molar-refractivity contribution in [2.24, 2.45) is 0 Å². The van der Waals surface area contributed by atoms with Gasteiger partial charge < -0.3 is 13.9 Å². The molecule has 1 heterocycles. The number of furan rings is 1. The average Bonchev–Trinajstić information content (AvgIpc) is 3.06. The highest BCUT2D eigenvalue weighted by Crippen LogP contribution is 2.26. The highest BCUT2D eigenvalue weighted by molar-refractivity contribution is 7.89. The number of sulfonamides is 1. The van der Waals surface area contributed by atoms with Crippen LogP contribution in [-0.2, 0) is 14.8 Å². The highest BCUT2D eigenvalue weighted by Gasteiger charge is 2.21. The van der Waals surface area contributed by atoms with E-state index in [1.165, 1.54) is 13.2 Å². The van der Waals surface area contributed by atoms with Crippen molar-refractivity contribution in [3.05, 3.63) is 59.9 Å². The Morgan fingerprint density at radius 3 is 2.54 bits per heavy atom. The molecule has 26 heavy (non-hydrogen) atoms. The van der Waals surface area contributed by atoms with Crippen LogP contribution in [0.4, 0.5) is 0 Å². The summed E-state index contributed by atoms with van der Waals surface area (Å²) >= 11 is 0. The zero-order valence-corrected chi connectivity index (χ0v) is 15.7. The Balaban J connectivity index is 1.77. The van der Waals surface area contributed by atoms with Crippen LogP contribution in [0.25, 0.3) is 11.0 Å². The Hall–Kier alpha value is -2.35. The van der Waals surface area contributed by atoms with Crippen molar-refractivity contribution in [1.82, 2.24) is 4.72 Å². The number of rotatable bonds is 7. The molecule has 0 aliphatic carbocycles. The molecular weight excluding hydrogens is 354 g/mol. The van der Waals surface area contributed by atoms with Gasteiger partial charge in [0.15, 0.2) is 0 Å². The fourth-order valence-corrected chi connectivity index (χ4v) is 3.86. The van der Waals surface area contributed by atoms with E-state index in [9.17, 15) is 8.42 Å². The maximum atomic E-state index is 12.6. The number of methoxy groups -OCH3 is 2. The van der Waals surface area contributed by atoms with Crippen molar-refractivity contribution in [1.29, 1.82) is 0 Å². The van der Waals surface area contributed by atoms with Crippen molar-refractivity contribution in [3.8, 4) is 5.75 Å². The largest absolute Gasteiger partial charge is 0.496 e. The van der Waals surface area contributed by atoms with Gasteiger partial charge >= 0.3 is 0 Å². The quantitative estimate of drug-likeness (QED) is 0.685. The number of hydrogen-bond donors (Lipinski definition) is 1. The van der Waals surface area contributed by atoms with E-state index in [1.54, 1.807) is 26.2 Å². The van der Waals surface area contributed by atoms with Crippen LogP contribution in [0.15, 0.2) is 57.8 Å². The van der Waals surface area contributed by atoms with E-state index in [1.807, 2.05) is 30.3 Å². The molecule has 1 N–H and O–H groups in total. The summed E-state index contributed by atoms with van der Waals surface area (Å²) in [5.74, 6) is 1.21. The minimum absolute atomic E-state index is 0.0593. The third-order valence-corrected chi connectivity index (χ3v) is 5.60. The molecule has 0 aliphatic heterocycles. The summed E-state index contributed by atoms with van der Waals surface area (Å²) in [6, 6.07) is 14.2. The van der Waals surface area contributed by atoms with Crippen molar-refractivity contribution in [2.45, 2.75) is 17.9 Å². The summed E-state index contributed by atoms with van der Waals surface area (Å²) in [5, 5.41) is 0.943. The summed E-state index contributed by atoms with van der Waals surface area (Å²) in [6.45, 7) is 1.86. The van der Waals surface area contributed by atoms with Crippen molar-refractivity contribution in [2.75, 3.05) is 20.8 Å². The molecule has 0 saturated carbocycles. The lowest BCUT2D eigenvalue weighted by Gasteiger charge is -2.14. The summed E-state index contributed by atoms with van der Waals surface area (Å²) in [6.07, 6.45) is -0.531. The van der Waals surface area contributed by atoms with E-state index in [0.717, 1.165) is 16.5 Å². The number of para-hydroxylation sites is 1. The van der Waals surface area contributed by atoms with E-state index in [4.69, 9.17) is 13.9 Å². The normalized spacial score (nSPS) is 13.0. The topological polar surface area (TPSA) is 77.8 Å². The number of aryl methyl sites for hydroxylation is 1. The minimum atomic E-state index is -3.68. The Kier molecular flexibility index (Phi) is 5.31. The highest BCUT2D eigenvalue weighted by atomic mass is 32.2. The monoisotopic (exact) mass is 375 g/mol. The molecule has 1 aromatic heterocycles. The van der Waals surface area contributed by atoms with Crippen molar-refractivity contribution < 1.29 is 22.3 Å². The second-order valence-corrected chi connectivity index (χ2v) is 7.66. The molecular formula is C19H21NO5S. The predicted octanol–water partition coefficient (Wildman–Crippen LogP) is 3.42. The van der Waals surface area contributed by atoms with Gasteiger partial charge in [0.05, 0.1) is 12.0 Å². The number of nitrogens with one attached hydrogen (secondary N) is 1. The fraction of sp³-hybridized carbons (Fsp3) is 0.263. The second kappa shape index (κ2) is 7.49. The van der Waals surface area contributed by atoms with Crippen LogP contribution in [0.1, 0.15) is 17.4 Å². The second-order valence-electron chi connectivity index (χ2n) is 5.89. The van der Waals surface area contributed by atoms with Crippen LogP contribution in [0.5, 0.6) is 5.75 Å². The smallest absolute Gasteiger partial charge is 0.240 e. The molecule has 3 aromatic rings. The lowest BCUT2D eigenvalue weighted by atomic mass is 10.2. The molecule has 0 unspecified atom stereocenters. The Morgan fingerprint density at radius 2 is 1.88 bits per heavy atom. The SMILES string of the molecule is COc1ccc(S(=O)(=O)NC[C@H](OC)c2cc3ccccc3o2)cc1C. The van der Waals surface area contributed by atoms with Gasteiger partial charge in [-0.1, -0.05) is 18.2 Å². The van der Waals surface area contributed by atoms with Gasteiger partial charge in [0, 0.05) is 19.0 Å². The number of benzene rings is 2. The van der Waals surface area contributed by atoms with Crippen molar-refractivity contribution in [3.63, 3.8) is 0 Å². The predicted molar refractivity (Wildman–Crippen MR) is 98.9 cm³/mol. The maximum absolute atomic E-state index is 12.6. The Morgan fingerprint density at radius 1 is 1.12 bits per heavy atom. The van der Waals surface area contributed by atoms with Crippen molar-refractivity contribution >= 4 is 21.0 Å². The molecule has 2 aromatic carbocycles. The molecule has 138 valence electrons. The first-order valence-corrected chi connectivity index (χ1v) is 9.58. The van der Waals surface area contributed by atoms with Gasteiger partial charge in [0.25, 0.3) is 0 Å². The third kappa shape index (κ3) is 3.75.